The van der Waals surface area contributed by atoms with E-state index in [4.69, 9.17) is 16.3 Å². The summed E-state index contributed by atoms with van der Waals surface area (Å²) >= 11 is 7.83. The van der Waals surface area contributed by atoms with Gasteiger partial charge in [-0.3, -0.25) is 9.10 Å². The van der Waals surface area contributed by atoms with E-state index in [0.29, 0.717) is 10.7 Å². The zero-order chi connectivity index (χ0) is 24.2. The molecule has 0 saturated heterocycles. The molecule has 0 spiro atoms. The summed E-state index contributed by atoms with van der Waals surface area (Å²) in [7, 11) is -2.76. The Morgan fingerprint density at radius 1 is 1.09 bits per heavy atom. The fourth-order valence-corrected chi connectivity index (χ4v) is 5.48. The van der Waals surface area contributed by atoms with Crippen molar-refractivity contribution in [1.29, 1.82) is 0 Å². The normalized spacial score (nSPS) is 11.2. The molecule has 0 atom stereocenters. The van der Waals surface area contributed by atoms with E-state index in [0.717, 1.165) is 20.3 Å². The molecule has 0 aromatic heterocycles. The van der Waals surface area contributed by atoms with Gasteiger partial charge in [-0.05, 0) is 73.7 Å². The highest BCUT2D eigenvalue weighted by Gasteiger charge is 2.30. The summed E-state index contributed by atoms with van der Waals surface area (Å²) in [5.41, 5.74) is 2.40. The third kappa shape index (κ3) is 5.82. The van der Waals surface area contributed by atoms with Crippen LogP contribution >= 0.6 is 23.4 Å². The molecule has 0 aliphatic carbocycles. The second-order valence-corrected chi connectivity index (χ2v) is 10.5. The van der Waals surface area contributed by atoms with Crippen molar-refractivity contribution in [2.45, 2.75) is 23.6 Å². The highest BCUT2D eigenvalue weighted by atomic mass is 35.5. The van der Waals surface area contributed by atoms with Gasteiger partial charge in [-0.1, -0.05) is 29.8 Å². The van der Waals surface area contributed by atoms with Gasteiger partial charge in [-0.15, -0.1) is 11.8 Å². The number of methoxy groups -OCH3 is 1. The molecule has 1 amide bonds. The zero-order valence-corrected chi connectivity index (χ0v) is 21.1. The molecule has 9 heteroatoms. The predicted octanol–water partition coefficient (Wildman–Crippen LogP) is 5.52. The van der Waals surface area contributed by atoms with Crippen LogP contribution in [-0.2, 0) is 14.8 Å². The number of hydrogen-bond acceptors (Lipinski definition) is 5. The standard InChI is InChI=1S/C24H25ClN2O4S2/c1-16-8-11-22(31-3)23(12-16)33(29,30)27(19-10-9-17(2)21(25)14-19)15-24(28)26-18-6-5-7-20(13-18)32-4/h5-14H,15H2,1-4H3,(H,26,28). The van der Waals surface area contributed by atoms with Crippen molar-refractivity contribution < 1.29 is 17.9 Å². The SMILES string of the molecule is COc1ccc(C)cc1S(=O)(=O)N(CC(=O)Nc1cccc(SC)c1)c1ccc(C)c(Cl)c1. The van der Waals surface area contributed by atoms with Gasteiger partial charge in [0.15, 0.2) is 0 Å². The van der Waals surface area contributed by atoms with E-state index in [1.165, 1.54) is 13.2 Å². The average Bonchev–Trinajstić information content (AvgIpc) is 2.79. The van der Waals surface area contributed by atoms with E-state index >= 15 is 0 Å². The van der Waals surface area contributed by atoms with Gasteiger partial charge in [0.2, 0.25) is 5.91 Å². The quantitative estimate of drug-likeness (QED) is 0.409. The van der Waals surface area contributed by atoms with Crippen LogP contribution in [0.15, 0.2) is 70.5 Å². The molecule has 0 aliphatic rings. The third-order valence-corrected chi connectivity index (χ3v) is 7.90. The minimum atomic E-state index is -4.16. The molecular formula is C24H25ClN2O4S2. The van der Waals surface area contributed by atoms with Gasteiger partial charge in [-0.25, -0.2) is 8.42 Å². The predicted molar refractivity (Wildman–Crippen MR) is 135 cm³/mol. The lowest BCUT2D eigenvalue weighted by atomic mass is 10.2. The van der Waals surface area contributed by atoms with Crippen LogP contribution < -0.4 is 14.4 Å². The molecule has 0 saturated carbocycles. The van der Waals surface area contributed by atoms with Crippen molar-refractivity contribution in [1.82, 2.24) is 0 Å². The molecule has 0 heterocycles. The maximum atomic E-state index is 13.8. The van der Waals surface area contributed by atoms with E-state index in [1.54, 1.807) is 55.1 Å². The summed E-state index contributed by atoms with van der Waals surface area (Å²) in [5, 5.41) is 3.18. The molecule has 1 N–H and O–H groups in total. The number of nitrogens with zero attached hydrogens (tertiary/aromatic N) is 1. The molecule has 174 valence electrons. The molecule has 0 aliphatic heterocycles. The Morgan fingerprint density at radius 3 is 2.52 bits per heavy atom. The summed E-state index contributed by atoms with van der Waals surface area (Å²) in [6, 6.07) is 17.1. The fraction of sp³-hybridized carbons (Fsp3) is 0.208. The molecular weight excluding hydrogens is 480 g/mol. The van der Waals surface area contributed by atoms with Gasteiger partial charge < -0.3 is 10.1 Å². The van der Waals surface area contributed by atoms with Gasteiger partial charge >= 0.3 is 0 Å². The zero-order valence-electron chi connectivity index (χ0n) is 18.8. The first kappa shape index (κ1) is 25.0. The van der Waals surface area contributed by atoms with E-state index in [9.17, 15) is 13.2 Å². The molecule has 6 nitrogen and oxygen atoms in total. The Morgan fingerprint density at radius 2 is 1.85 bits per heavy atom. The molecule has 0 radical (unpaired) electrons. The Kier molecular flexibility index (Phi) is 7.94. The monoisotopic (exact) mass is 504 g/mol. The lowest BCUT2D eigenvalue weighted by molar-refractivity contribution is -0.114. The maximum absolute atomic E-state index is 13.8. The number of nitrogens with one attached hydrogen (secondary N) is 1. The Hall–Kier alpha value is -2.68. The number of benzene rings is 3. The van der Waals surface area contributed by atoms with Crippen LogP contribution in [0.4, 0.5) is 11.4 Å². The molecule has 3 aromatic carbocycles. The Balaban J connectivity index is 2.03. The minimum absolute atomic E-state index is 0.0288. The second kappa shape index (κ2) is 10.5. The Labute approximate surface area is 204 Å². The van der Waals surface area contributed by atoms with Gasteiger partial charge in [0.1, 0.15) is 17.2 Å². The number of amides is 1. The first-order valence-corrected chi connectivity index (χ1v) is 13.1. The van der Waals surface area contributed by atoms with Gasteiger partial charge in [0, 0.05) is 15.6 Å². The van der Waals surface area contributed by atoms with Gasteiger partial charge in [0.05, 0.1) is 12.8 Å². The minimum Gasteiger partial charge on any atom is -0.495 e. The van der Waals surface area contributed by atoms with Crippen LogP contribution in [0.25, 0.3) is 0 Å². The topological polar surface area (TPSA) is 75.7 Å². The molecule has 0 fully saturated rings. The number of carbonyl (C=O) groups is 1. The largest absolute Gasteiger partial charge is 0.495 e. The number of anilines is 2. The van der Waals surface area contributed by atoms with Crippen molar-refractivity contribution >= 4 is 50.7 Å². The molecule has 3 aromatic rings. The summed E-state index contributed by atoms with van der Waals surface area (Å²) < 4.78 is 33.9. The summed E-state index contributed by atoms with van der Waals surface area (Å²) in [6.07, 6.45) is 1.94. The van der Waals surface area contributed by atoms with Crippen LogP contribution in [0, 0.1) is 13.8 Å². The van der Waals surface area contributed by atoms with E-state index < -0.39 is 22.5 Å². The highest BCUT2D eigenvalue weighted by molar-refractivity contribution is 7.98. The van der Waals surface area contributed by atoms with Crippen LogP contribution in [0.2, 0.25) is 5.02 Å². The Bertz CT molecular complexity index is 1280. The number of hydrogen-bond donors (Lipinski definition) is 1. The fourth-order valence-electron chi connectivity index (χ4n) is 3.19. The summed E-state index contributed by atoms with van der Waals surface area (Å²) in [6.45, 7) is 3.17. The molecule has 0 unspecified atom stereocenters. The van der Waals surface area contributed by atoms with Crippen LogP contribution in [-0.4, -0.2) is 34.2 Å². The highest BCUT2D eigenvalue weighted by Crippen LogP contribution is 2.32. The van der Waals surface area contributed by atoms with Crippen molar-refractivity contribution in [3.05, 3.63) is 76.8 Å². The maximum Gasteiger partial charge on any atom is 0.268 e. The van der Waals surface area contributed by atoms with E-state index in [-0.39, 0.29) is 16.3 Å². The van der Waals surface area contributed by atoms with Crippen LogP contribution in [0.3, 0.4) is 0 Å². The van der Waals surface area contributed by atoms with E-state index in [2.05, 4.69) is 5.32 Å². The van der Waals surface area contributed by atoms with Crippen molar-refractivity contribution in [3.8, 4) is 5.75 Å². The number of ether oxygens (including phenoxy) is 1. The number of rotatable bonds is 8. The number of halogens is 1. The lowest BCUT2D eigenvalue weighted by Crippen LogP contribution is -2.38. The lowest BCUT2D eigenvalue weighted by Gasteiger charge is -2.25. The first-order chi connectivity index (χ1) is 15.6. The van der Waals surface area contributed by atoms with Crippen molar-refractivity contribution in [3.63, 3.8) is 0 Å². The molecule has 0 bridgehead atoms. The number of sulfonamides is 1. The molecule has 3 rings (SSSR count). The van der Waals surface area contributed by atoms with Crippen LogP contribution in [0.5, 0.6) is 5.75 Å². The number of carbonyl (C=O) groups excluding carboxylic acids is 1. The molecule has 33 heavy (non-hydrogen) atoms. The van der Waals surface area contributed by atoms with Gasteiger partial charge in [-0.2, -0.15) is 0 Å². The summed E-state index contributed by atoms with van der Waals surface area (Å²) in [5.74, 6) is -0.294. The number of thioether (sulfide) groups is 1. The smallest absolute Gasteiger partial charge is 0.268 e. The second-order valence-electron chi connectivity index (χ2n) is 7.38. The van der Waals surface area contributed by atoms with E-state index in [1.807, 2.05) is 31.4 Å². The number of aryl methyl sites for hydroxylation is 2. The van der Waals surface area contributed by atoms with Crippen molar-refractivity contribution in [2.75, 3.05) is 29.5 Å². The van der Waals surface area contributed by atoms with Crippen LogP contribution in [0.1, 0.15) is 11.1 Å². The van der Waals surface area contributed by atoms with Gasteiger partial charge in [0.25, 0.3) is 10.0 Å². The van der Waals surface area contributed by atoms with Crippen molar-refractivity contribution in [2.24, 2.45) is 0 Å². The third-order valence-electron chi connectivity index (χ3n) is 4.97. The first-order valence-electron chi connectivity index (χ1n) is 10.0. The average molecular weight is 505 g/mol. The summed E-state index contributed by atoms with van der Waals surface area (Å²) in [4.78, 5) is 13.9.